The standard InChI is InChI=1S/C20H18N2O2/c1-13-11-15-7-3-6-10-18(15)22(13)19(23)12-21-14(2)16-8-4-5-9-17(16)20(21)24/h3-10,13H,2,11-12H2,1H3. The number of carbonyl (C=O) groups excluding carboxylic acids is 2. The van der Waals surface area contributed by atoms with E-state index in [0.717, 1.165) is 17.7 Å². The number of hydrogen-bond donors (Lipinski definition) is 0. The summed E-state index contributed by atoms with van der Waals surface area (Å²) in [5, 5.41) is 0. The summed E-state index contributed by atoms with van der Waals surface area (Å²) in [7, 11) is 0. The minimum atomic E-state index is -0.149. The van der Waals surface area contributed by atoms with Gasteiger partial charge in [-0.2, -0.15) is 0 Å². The number of anilines is 1. The van der Waals surface area contributed by atoms with Gasteiger partial charge >= 0.3 is 0 Å². The zero-order valence-electron chi connectivity index (χ0n) is 13.5. The molecule has 0 saturated carbocycles. The quantitative estimate of drug-likeness (QED) is 0.854. The smallest absolute Gasteiger partial charge is 0.259 e. The lowest BCUT2D eigenvalue weighted by molar-refractivity contribution is -0.119. The van der Waals surface area contributed by atoms with Gasteiger partial charge in [0.1, 0.15) is 6.54 Å². The molecule has 0 fully saturated rings. The van der Waals surface area contributed by atoms with Gasteiger partial charge in [0.25, 0.3) is 5.91 Å². The Morgan fingerprint density at radius 3 is 2.54 bits per heavy atom. The molecule has 2 heterocycles. The van der Waals surface area contributed by atoms with Gasteiger partial charge in [0, 0.05) is 28.6 Å². The van der Waals surface area contributed by atoms with Crippen LogP contribution < -0.4 is 4.90 Å². The maximum absolute atomic E-state index is 12.9. The lowest BCUT2D eigenvalue weighted by Crippen LogP contribution is -2.42. The maximum Gasteiger partial charge on any atom is 0.259 e. The fourth-order valence-corrected chi connectivity index (χ4v) is 3.66. The third-order valence-electron chi connectivity index (χ3n) is 4.81. The molecule has 120 valence electrons. The first kappa shape index (κ1) is 14.7. The van der Waals surface area contributed by atoms with E-state index in [4.69, 9.17) is 0 Å². The Kier molecular flexibility index (Phi) is 3.27. The van der Waals surface area contributed by atoms with Gasteiger partial charge in [0.2, 0.25) is 5.91 Å². The Labute approximate surface area is 141 Å². The van der Waals surface area contributed by atoms with Crippen LogP contribution >= 0.6 is 0 Å². The number of fused-ring (bicyclic) bond motifs is 2. The van der Waals surface area contributed by atoms with Crippen LogP contribution in [0.1, 0.15) is 28.4 Å². The zero-order chi connectivity index (χ0) is 16.8. The molecule has 0 saturated heterocycles. The summed E-state index contributed by atoms with van der Waals surface area (Å²) in [5.41, 5.74) is 4.15. The Hall–Kier alpha value is -2.88. The monoisotopic (exact) mass is 318 g/mol. The van der Waals surface area contributed by atoms with E-state index in [1.165, 1.54) is 10.5 Å². The van der Waals surface area contributed by atoms with Crippen molar-refractivity contribution in [2.75, 3.05) is 11.4 Å². The molecular weight excluding hydrogens is 300 g/mol. The van der Waals surface area contributed by atoms with Gasteiger partial charge < -0.3 is 4.90 Å². The number of rotatable bonds is 2. The minimum absolute atomic E-state index is 0.0189. The second kappa shape index (κ2) is 5.34. The summed E-state index contributed by atoms with van der Waals surface area (Å²) in [6.45, 7) is 6.06. The van der Waals surface area contributed by atoms with Crippen molar-refractivity contribution in [2.45, 2.75) is 19.4 Å². The predicted molar refractivity (Wildman–Crippen MR) is 93.6 cm³/mol. The van der Waals surface area contributed by atoms with Gasteiger partial charge in [-0.25, -0.2) is 0 Å². The number of nitrogens with zero attached hydrogens (tertiary/aromatic N) is 2. The highest BCUT2D eigenvalue weighted by Gasteiger charge is 2.36. The molecule has 2 aliphatic heterocycles. The van der Waals surface area contributed by atoms with E-state index in [2.05, 4.69) is 12.6 Å². The molecule has 0 aromatic heterocycles. The lowest BCUT2D eigenvalue weighted by Gasteiger charge is -2.26. The molecule has 1 atom stereocenters. The average Bonchev–Trinajstić information content (AvgIpc) is 3.04. The van der Waals surface area contributed by atoms with Crippen molar-refractivity contribution in [3.8, 4) is 0 Å². The molecule has 4 heteroatoms. The Bertz CT molecular complexity index is 836. The highest BCUT2D eigenvalue weighted by molar-refractivity contribution is 6.11. The van der Waals surface area contributed by atoms with Crippen molar-refractivity contribution < 1.29 is 9.59 Å². The van der Waals surface area contributed by atoms with Crippen molar-refractivity contribution in [1.29, 1.82) is 0 Å². The molecule has 0 spiro atoms. The average molecular weight is 318 g/mol. The molecule has 2 aromatic rings. The summed E-state index contributed by atoms with van der Waals surface area (Å²) in [5.74, 6) is -0.223. The van der Waals surface area contributed by atoms with Crippen LogP contribution in [0.5, 0.6) is 0 Å². The molecule has 4 nitrogen and oxygen atoms in total. The number of carbonyl (C=O) groups is 2. The third kappa shape index (κ3) is 2.07. The van der Waals surface area contributed by atoms with Crippen LogP contribution in [0, 0.1) is 0 Å². The topological polar surface area (TPSA) is 40.6 Å². The van der Waals surface area contributed by atoms with Gasteiger partial charge in [-0.05, 0) is 31.0 Å². The summed E-state index contributed by atoms with van der Waals surface area (Å²) in [4.78, 5) is 28.8. The first-order valence-electron chi connectivity index (χ1n) is 8.08. The summed E-state index contributed by atoms with van der Waals surface area (Å²) in [6, 6.07) is 15.4. The molecule has 2 aromatic carbocycles. The zero-order valence-corrected chi connectivity index (χ0v) is 13.5. The predicted octanol–water partition coefficient (Wildman–Crippen LogP) is 3.09. The SMILES string of the molecule is C=C1c2ccccc2C(=O)N1CC(=O)N1c2ccccc2CC1C. The maximum atomic E-state index is 12.9. The van der Waals surface area contributed by atoms with Crippen molar-refractivity contribution in [2.24, 2.45) is 0 Å². The number of para-hydroxylation sites is 1. The molecule has 1 unspecified atom stereocenters. The van der Waals surface area contributed by atoms with Crippen LogP contribution in [0.15, 0.2) is 55.1 Å². The van der Waals surface area contributed by atoms with Crippen LogP contribution in [-0.4, -0.2) is 29.3 Å². The van der Waals surface area contributed by atoms with Crippen molar-refractivity contribution in [3.05, 3.63) is 71.8 Å². The van der Waals surface area contributed by atoms with Gasteiger partial charge in [-0.3, -0.25) is 14.5 Å². The first-order valence-corrected chi connectivity index (χ1v) is 8.08. The van der Waals surface area contributed by atoms with E-state index < -0.39 is 0 Å². The number of amides is 2. The molecule has 0 radical (unpaired) electrons. The van der Waals surface area contributed by atoms with Crippen LogP contribution in [0.25, 0.3) is 5.70 Å². The summed E-state index contributed by atoms with van der Waals surface area (Å²) >= 11 is 0. The first-order chi connectivity index (χ1) is 11.6. The summed E-state index contributed by atoms with van der Waals surface area (Å²) < 4.78 is 0. The molecule has 0 bridgehead atoms. The normalized spacial score (nSPS) is 18.8. The Morgan fingerprint density at radius 1 is 1.12 bits per heavy atom. The van der Waals surface area contributed by atoms with Crippen LogP contribution in [0.4, 0.5) is 5.69 Å². The van der Waals surface area contributed by atoms with Gasteiger partial charge in [-0.1, -0.05) is 43.0 Å². The van der Waals surface area contributed by atoms with E-state index in [1.807, 2.05) is 43.3 Å². The van der Waals surface area contributed by atoms with Crippen molar-refractivity contribution >= 4 is 23.2 Å². The fourth-order valence-electron chi connectivity index (χ4n) is 3.66. The second-order valence-electron chi connectivity index (χ2n) is 6.33. The molecule has 0 N–H and O–H groups in total. The van der Waals surface area contributed by atoms with Crippen LogP contribution in [0.3, 0.4) is 0 Å². The number of benzene rings is 2. The summed E-state index contributed by atoms with van der Waals surface area (Å²) in [6.07, 6.45) is 0.844. The van der Waals surface area contributed by atoms with E-state index in [9.17, 15) is 9.59 Å². The van der Waals surface area contributed by atoms with Crippen molar-refractivity contribution in [1.82, 2.24) is 4.90 Å². The van der Waals surface area contributed by atoms with E-state index in [1.54, 1.807) is 11.0 Å². The Balaban J connectivity index is 1.60. The number of hydrogen-bond acceptors (Lipinski definition) is 2. The molecule has 0 aliphatic carbocycles. The fraction of sp³-hybridized carbons (Fsp3) is 0.200. The van der Waals surface area contributed by atoms with Gasteiger partial charge in [-0.15, -0.1) is 0 Å². The second-order valence-corrected chi connectivity index (χ2v) is 6.33. The Morgan fingerprint density at radius 2 is 1.79 bits per heavy atom. The molecule has 2 aliphatic rings. The molecule has 24 heavy (non-hydrogen) atoms. The van der Waals surface area contributed by atoms with Gasteiger partial charge in [0.15, 0.2) is 0 Å². The van der Waals surface area contributed by atoms with Gasteiger partial charge in [0.05, 0.1) is 0 Å². The van der Waals surface area contributed by atoms with E-state index in [-0.39, 0.29) is 24.4 Å². The van der Waals surface area contributed by atoms with Crippen LogP contribution in [0.2, 0.25) is 0 Å². The highest BCUT2D eigenvalue weighted by Crippen LogP contribution is 2.34. The molecular formula is C20H18N2O2. The van der Waals surface area contributed by atoms with Crippen molar-refractivity contribution in [3.63, 3.8) is 0 Å². The highest BCUT2D eigenvalue weighted by atomic mass is 16.2. The molecule has 2 amide bonds. The molecule has 4 rings (SSSR count). The van der Waals surface area contributed by atoms with Crippen LogP contribution in [-0.2, 0) is 11.2 Å². The lowest BCUT2D eigenvalue weighted by atomic mass is 10.1. The third-order valence-corrected chi connectivity index (χ3v) is 4.81. The minimum Gasteiger partial charge on any atom is -0.307 e. The van der Waals surface area contributed by atoms with E-state index >= 15 is 0 Å². The largest absolute Gasteiger partial charge is 0.307 e. The van der Waals surface area contributed by atoms with E-state index in [0.29, 0.717) is 11.3 Å².